The molecule has 0 aliphatic carbocycles. The molecule has 7 heteroatoms. The fourth-order valence-electron chi connectivity index (χ4n) is 2.83. The number of nitrogens with zero attached hydrogens (tertiary/aromatic N) is 5. The molecule has 7 nitrogen and oxygen atoms in total. The number of hydrogen-bond donors (Lipinski definition) is 0. The Labute approximate surface area is 142 Å². The first-order chi connectivity index (χ1) is 11.1. The topological polar surface area (TPSA) is 82.2 Å². The highest BCUT2D eigenvalue weighted by molar-refractivity contribution is 5.96. The van der Waals surface area contributed by atoms with Crippen molar-refractivity contribution in [2.24, 2.45) is 5.92 Å². The van der Waals surface area contributed by atoms with Gasteiger partial charge in [0.2, 0.25) is 5.91 Å². The molecule has 1 saturated heterocycles. The minimum absolute atomic E-state index is 0.0373. The van der Waals surface area contributed by atoms with Crippen molar-refractivity contribution >= 4 is 11.8 Å². The molecule has 0 radical (unpaired) electrons. The van der Waals surface area contributed by atoms with Crippen molar-refractivity contribution in [3.05, 3.63) is 18.0 Å². The number of likely N-dealkylation sites (N-methyl/N-ethyl adjacent to an activating group) is 1. The van der Waals surface area contributed by atoms with Gasteiger partial charge in [0.05, 0.1) is 29.9 Å². The maximum Gasteiger partial charge on any atom is 0.257 e. The Hall–Kier alpha value is -2.36. The summed E-state index contributed by atoms with van der Waals surface area (Å²) in [6.07, 6.45) is 3.90. The monoisotopic (exact) mass is 331 g/mol. The van der Waals surface area contributed by atoms with E-state index in [2.05, 4.69) is 11.2 Å². The summed E-state index contributed by atoms with van der Waals surface area (Å²) in [5.74, 6) is -0.130. The average Bonchev–Trinajstić information content (AvgIpc) is 3.12. The molecule has 0 spiro atoms. The van der Waals surface area contributed by atoms with Crippen molar-refractivity contribution in [1.82, 2.24) is 19.6 Å². The second-order valence-electron chi connectivity index (χ2n) is 7.54. The third-order valence-corrected chi connectivity index (χ3v) is 4.22. The molecule has 1 fully saturated rings. The minimum atomic E-state index is -0.389. The normalized spacial score (nSPS) is 20.8. The van der Waals surface area contributed by atoms with Gasteiger partial charge in [-0.15, -0.1) is 0 Å². The van der Waals surface area contributed by atoms with Crippen LogP contribution in [0.2, 0.25) is 0 Å². The van der Waals surface area contributed by atoms with E-state index in [0.29, 0.717) is 24.4 Å². The van der Waals surface area contributed by atoms with Crippen molar-refractivity contribution in [3.63, 3.8) is 0 Å². The maximum atomic E-state index is 12.5. The van der Waals surface area contributed by atoms with Crippen LogP contribution in [0.4, 0.5) is 0 Å². The van der Waals surface area contributed by atoms with Crippen LogP contribution < -0.4 is 0 Å². The highest BCUT2D eigenvalue weighted by Crippen LogP contribution is 2.22. The number of likely N-dealkylation sites (tertiary alicyclic amines) is 1. The van der Waals surface area contributed by atoms with Crippen LogP contribution >= 0.6 is 0 Å². The number of aromatic nitrogens is 2. The third kappa shape index (κ3) is 3.75. The summed E-state index contributed by atoms with van der Waals surface area (Å²) in [5, 5.41) is 13.4. The lowest BCUT2D eigenvalue weighted by molar-refractivity contribution is -0.131. The maximum absolute atomic E-state index is 12.5. The van der Waals surface area contributed by atoms with E-state index in [0.717, 1.165) is 0 Å². The summed E-state index contributed by atoms with van der Waals surface area (Å²) in [4.78, 5) is 27.9. The summed E-state index contributed by atoms with van der Waals surface area (Å²) < 4.78 is 1.73. The van der Waals surface area contributed by atoms with E-state index < -0.39 is 0 Å². The largest absolute Gasteiger partial charge is 0.332 e. The summed E-state index contributed by atoms with van der Waals surface area (Å²) in [7, 11) is 1.59. The molecule has 2 atom stereocenters. The lowest BCUT2D eigenvalue weighted by Crippen LogP contribution is -2.43. The van der Waals surface area contributed by atoms with E-state index in [9.17, 15) is 9.59 Å². The van der Waals surface area contributed by atoms with E-state index >= 15 is 0 Å². The highest BCUT2D eigenvalue weighted by Gasteiger charge is 2.33. The van der Waals surface area contributed by atoms with Gasteiger partial charge in [-0.1, -0.05) is 6.92 Å². The predicted octanol–water partition coefficient (Wildman–Crippen LogP) is 1.47. The Morgan fingerprint density at radius 1 is 1.46 bits per heavy atom. The zero-order valence-electron chi connectivity index (χ0n) is 15.0. The molecule has 24 heavy (non-hydrogen) atoms. The Bertz CT molecular complexity index is 667. The summed E-state index contributed by atoms with van der Waals surface area (Å²) >= 11 is 0. The Balaban J connectivity index is 2.03. The Kier molecular flexibility index (Phi) is 4.97. The first-order valence-corrected chi connectivity index (χ1v) is 8.13. The average molecular weight is 331 g/mol. The SMILES string of the molecule is CC1CC(C#N)N(C(=O)CN(C)C(=O)c2cnn(C(C)(C)C)c2)C1. The van der Waals surface area contributed by atoms with Crippen molar-refractivity contribution in [1.29, 1.82) is 5.26 Å². The van der Waals surface area contributed by atoms with Crippen LogP contribution in [0.15, 0.2) is 12.4 Å². The van der Waals surface area contributed by atoms with Crippen LogP contribution in [0.5, 0.6) is 0 Å². The first kappa shape index (κ1) is 18.0. The lowest BCUT2D eigenvalue weighted by Gasteiger charge is -2.23. The molecule has 2 rings (SSSR count). The van der Waals surface area contributed by atoms with Crippen LogP contribution in [-0.4, -0.2) is 57.6 Å². The Morgan fingerprint density at radius 3 is 2.67 bits per heavy atom. The van der Waals surface area contributed by atoms with Gasteiger partial charge in [0, 0.05) is 19.8 Å². The van der Waals surface area contributed by atoms with E-state index in [1.54, 1.807) is 22.8 Å². The van der Waals surface area contributed by atoms with Gasteiger partial charge in [0.1, 0.15) is 6.04 Å². The molecule has 2 unspecified atom stereocenters. The molecule has 0 aromatic carbocycles. The van der Waals surface area contributed by atoms with Gasteiger partial charge in [0.25, 0.3) is 5.91 Å². The molecule has 0 bridgehead atoms. The molecule has 1 aliphatic heterocycles. The predicted molar refractivity (Wildman–Crippen MR) is 89.1 cm³/mol. The fourth-order valence-corrected chi connectivity index (χ4v) is 2.83. The first-order valence-electron chi connectivity index (χ1n) is 8.13. The van der Waals surface area contributed by atoms with Crippen LogP contribution in [0.25, 0.3) is 0 Å². The zero-order chi connectivity index (χ0) is 18.1. The number of nitriles is 1. The van der Waals surface area contributed by atoms with Gasteiger partial charge in [-0.25, -0.2) is 0 Å². The molecular weight excluding hydrogens is 306 g/mol. The molecule has 1 aliphatic rings. The van der Waals surface area contributed by atoms with Gasteiger partial charge in [-0.2, -0.15) is 10.4 Å². The number of carbonyl (C=O) groups excluding carboxylic acids is 2. The molecule has 1 aromatic rings. The lowest BCUT2D eigenvalue weighted by atomic mass is 10.1. The quantitative estimate of drug-likeness (QED) is 0.840. The highest BCUT2D eigenvalue weighted by atomic mass is 16.2. The molecule has 130 valence electrons. The van der Waals surface area contributed by atoms with Crippen molar-refractivity contribution < 1.29 is 9.59 Å². The second-order valence-corrected chi connectivity index (χ2v) is 7.54. The molecule has 1 aromatic heterocycles. The van der Waals surface area contributed by atoms with Crippen molar-refractivity contribution in [2.75, 3.05) is 20.1 Å². The van der Waals surface area contributed by atoms with Gasteiger partial charge < -0.3 is 9.80 Å². The Morgan fingerprint density at radius 2 is 2.12 bits per heavy atom. The second kappa shape index (κ2) is 6.63. The number of carbonyl (C=O) groups is 2. The molecule has 0 saturated carbocycles. The summed E-state index contributed by atoms with van der Waals surface area (Å²) in [6.45, 7) is 8.55. The zero-order valence-corrected chi connectivity index (χ0v) is 15.0. The standard InChI is InChI=1S/C17H25N5O2/c1-12-6-14(7-18)21(9-12)15(23)11-20(5)16(24)13-8-19-22(10-13)17(2,3)4/h8,10,12,14H,6,9,11H2,1-5H3. The van der Waals surface area contributed by atoms with E-state index in [1.807, 2.05) is 27.7 Å². The third-order valence-electron chi connectivity index (χ3n) is 4.22. The molecule has 2 heterocycles. The van der Waals surface area contributed by atoms with E-state index in [1.165, 1.54) is 11.1 Å². The molecule has 2 amide bonds. The van der Waals surface area contributed by atoms with Crippen LogP contribution in [-0.2, 0) is 10.3 Å². The minimum Gasteiger partial charge on any atom is -0.332 e. The van der Waals surface area contributed by atoms with Crippen LogP contribution in [0.1, 0.15) is 44.5 Å². The van der Waals surface area contributed by atoms with Crippen LogP contribution in [0, 0.1) is 17.2 Å². The molecular formula is C17H25N5O2. The van der Waals surface area contributed by atoms with E-state index in [-0.39, 0.29) is 29.9 Å². The van der Waals surface area contributed by atoms with Gasteiger partial charge in [-0.05, 0) is 33.1 Å². The number of amides is 2. The number of rotatable bonds is 3. The van der Waals surface area contributed by atoms with Crippen molar-refractivity contribution in [2.45, 2.75) is 45.7 Å². The van der Waals surface area contributed by atoms with E-state index in [4.69, 9.17) is 5.26 Å². The van der Waals surface area contributed by atoms with Gasteiger partial charge >= 0.3 is 0 Å². The summed E-state index contributed by atoms with van der Waals surface area (Å²) in [5.41, 5.74) is 0.241. The molecule has 0 N–H and O–H groups in total. The smallest absolute Gasteiger partial charge is 0.257 e. The summed E-state index contributed by atoms with van der Waals surface area (Å²) in [6, 6.07) is 1.78. The van der Waals surface area contributed by atoms with Gasteiger partial charge in [-0.3, -0.25) is 14.3 Å². The number of hydrogen-bond acceptors (Lipinski definition) is 4. The van der Waals surface area contributed by atoms with Gasteiger partial charge in [0.15, 0.2) is 0 Å². The van der Waals surface area contributed by atoms with Crippen molar-refractivity contribution in [3.8, 4) is 6.07 Å². The van der Waals surface area contributed by atoms with Crippen LogP contribution in [0.3, 0.4) is 0 Å². The fraction of sp³-hybridized carbons (Fsp3) is 0.647.